The van der Waals surface area contributed by atoms with Gasteiger partial charge in [0.15, 0.2) is 11.5 Å². The zero-order chi connectivity index (χ0) is 14.2. The van der Waals surface area contributed by atoms with Crippen LogP contribution >= 0.6 is 0 Å². The third-order valence-corrected chi connectivity index (χ3v) is 3.84. The second-order valence-corrected chi connectivity index (χ2v) is 5.60. The maximum Gasteiger partial charge on any atom is 0.169 e. The molecule has 2 saturated heterocycles. The summed E-state index contributed by atoms with van der Waals surface area (Å²) in [7, 11) is 0. The Morgan fingerprint density at radius 3 is 2.38 bits per heavy atom. The van der Waals surface area contributed by atoms with Crippen molar-refractivity contribution in [3.8, 4) is 11.5 Å². The molecular weight excluding hydrogens is 268 g/mol. The fourth-order valence-electron chi connectivity index (χ4n) is 2.42. The Bertz CT molecular complexity index is 659. The zero-order valence-electron chi connectivity index (χ0n) is 12.0. The van der Waals surface area contributed by atoms with E-state index in [9.17, 15) is 0 Å². The molecule has 2 atom stereocenters. The molecule has 2 aliphatic heterocycles. The third-order valence-electron chi connectivity index (χ3n) is 3.84. The largest absolute Gasteiger partial charge is 0.487 e. The van der Waals surface area contributed by atoms with E-state index >= 15 is 0 Å². The van der Waals surface area contributed by atoms with Crippen LogP contribution in [0.2, 0.25) is 0 Å². The van der Waals surface area contributed by atoms with Crippen LogP contribution in [-0.4, -0.2) is 38.6 Å². The van der Waals surface area contributed by atoms with Crippen LogP contribution in [0.15, 0.2) is 30.3 Å². The average Bonchev–Trinajstić information content (AvgIpc) is 3.37. The van der Waals surface area contributed by atoms with E-state index < -0.39 is 0 Å². The minimum absolute atomic E-state index is 0.227. The van der Waals surface area contributed by atoms with Gasteiger partial charge in [-0.05, 0) is 23.9 Å². The van der Waals surface area contributed by atoms with Crippen LogP contribution in [0.5, 0.6) is 11.5 Å². The van der Waals surface area contributed by atoms with Gasteiger partial charge in [-0.1, -0.05) is 24.3 Å². The molecule has 2 aliphatic rings. The maximum atomic E-state index is 5.99. The Kier molecular flexibility index (Phi) is 3.20. The smallest absolute Gasteiger partial charge is 0.169 e. The predicted molar refractivity (Wildman–Crippen MR) is 79.2 cm³/mol. The summed E-state index contributed by atoms with van der Waals surface area (Å²) in [5.74, 6) is 1.59. The molecule has 4 heteroatoms. The number of rotatable bonds is 6. The van der Waals surface area contributed by atoms with E-state index in [1.807, 2.05) is 12.1 Å². The Balaban J connectivity index is 1.68. The van der Waals surface area contributed by atoms with Gasteiger partial charge in [0.1, 0.15) is 25.4 Å². The summed E-state index contributed by atoms with van der Waals surface area (Å²) in [6.45, 7) is 4.83. The Labute approximate surface area is 123 Å². The van der Waals surface area contributed by atoms with Crippen molar-refractivity contribution in [2.24, 2.45) is 0 Å². The molecule has 0 aliphatic carbocycles. The summed E-state index contributed by atoms with van der Waals surface area (Å²) in [5.41, 5.74) is 1.23. The van der Waals surface area contributed by atoms with Gasteiger partial charge < -0.3 is 18.9 Å². The molecular formula is C17H18O4. The van der Waals surface area contributed by atoms with E-state index in [2.05, 4.69) is 25.1 Å². The van der Waals surface area contributed by atoms with Crippen molar-refractivity contribution in [1.29, 1.82) is 0 Å². The van der Waals surface area contributed by atoms with Crippen molar-refractivity contribution in [2.45, 2.75) is 19.1 Å². The number of ether oxygens (including phenoxy) is 4. The average molecular weight is 286 g/mol. The Morgan fingerprint density at radius 2 is 1.67 bits per heavy atom. The van der Waals surface area contributed by atoms with Gasteiger partial charge >= 0.3 is 0 Å². The number of epoxide rings is 2. The number of hydrogen-bond acceptors (Lipinski definition) is 4. The van der Waals surface area contributed by atoms with Crippen LogP contribution in [0.1, 0.15) is 5.56 Å². The van der Waals surface area contributed by atoms with Gasteiger partial charge in [0.05, 0.1) is 13.2 Å². The summed E-state index contributed by atoms with van der Waals surface area (Å²) < 4.78 is 22.3. The molecule has 21 heavy (non-hydrogen) atoms. The first-order valence-corrected chi connectivity index (χ1v) is 7.32. The normalized spacial score (nSPS) is 23.1. The minimum atomic E-state index is 0.227. The minimum Gasteiger partial charge on any atom is -0.487 e. The zero-order valence-corrected chi connectivity index (χ0v) is 12.0. The third kappa shape index (κ3) is 2.82. The topological polar surface area (TPSA) is 43.5 Å². The maximum absolute atomic E-state index is 5.99. The standard InChI is InChI=1S/C17H18O4/c1-11-3-2-4-15-14(11)5-6-16(20-9-12-7-18-12)17(15)21-10-13-8-19-13/h2-6,12-13H,7-10H2,1H3. The number of aryl methyl sites for hydroxylation is 1. The molecule has 2 aromatic rings. The molecule has 4 rings (SSSR count). The van der Waals surface area contributed by atoms with Crippen molar-refractivity contribution in [3.63, 3.8) is 0 Å². The second-order valence-electron chi connectivity index (χ2n) is 5.60. The van der Waals surface area contributed by atoms with Gasteiger partial charge in [0.25, 0.3) is 0 Å². The van der Waals surface area contributed by atoms with Crippen molar-refractivity contribution in [1.82, 2.24) is 0 Å². The van der Waals surface area contributed by atoms with Crippen LogP contribution in [0.25, 0.3) is 10.8 Å². The molecule has 0 N–H and O–H groups in total. The number of hydrogen-bond donors (Lipinski definition) is 0. The van der Waals surface area contributed by atoms with E-state index in [0.29, 0.717) is 13.2 Å². The summed E-state index contributed by atoms with van der Waals surface area (Å²) in [4.78, 5) is 0. The molecule has 2 fully saturated rings. The van der Waals surface area contributed by atoms with E-state index in [4.69, 9.17) is 18.9 Å². The lowest BCUT2D eigenvalue weighted by molar-refractivity contribution is 0.230. The molecule has 0 bridgehead atoms. The molecule has 0 amide bonds. The molecule has 0 aromatic heterocycles. The summed E-state index contributed by atoms with van der Waals surface area (Å²) in [5, 5.41) is 2.28. The molecule has 110 valence electrons. The van der Waals surface area contributed by atoms with Crippen molar-refractivity contribution in [2.75, 3.05) is 26.4 Å². The lowest BCUT2D eigenvalue weighted by Gasteiger charge is -2.15. The first-order chi connectivity index (χ1) is 10.3. The molecule has 2 aromatic carbocycles. The summed E-state index contributed by atoms with van der Waals surface area (Å²) in [6, 6.07) is 10.3. The van der Waals surface area contributed by atoms with E-state index in [1.54, 1.807) is 0 Å². The highest BCUT2D eigenvalue weighted by molar-refractivity contribution is 5.93. The van der Waals surface area contributed by atoms with Gasteiger partial charge in [-0.3, -0.25) is 0 Å². The molecule has 4 nitrogen and oxygen atoms in total. The Hall–Kier alpha value is -1.78. The van der Waals surface area contributed by atoms with Gasteiger partial charge in [0.2, 0.25) is 0 Å². The molecule has 0 radical (unpaired) electrons. The van der Waals surface area contributed by atoms with Crippen LogP contribution < -0.4 is 9.47 Å². The first kappa shape index (κ1) is 12.9. The number of fused-ring (bicyclic) bond motifs is 1. The highest BCUT2D eigenvalue weighted by Gasteiger charge is 2.26. The van der Waals surface area contributed by atoms with E-state index in [0.717, 1.165) is 30.1 Å². The molecule has 2 unspecified atom stereocenters. The molecule has 0 saturated carbocycles. The van der Waals surface area contributed by atoms with Crippen molar-refractivity contribution >= 4 is 10.8 Å². The fourth-order valence-corrected chi connectivity index (χ4v) is 2.42. The highest BCUT2D eigenvalue weighted by Crippen LogP contribution is 2.37. The molecule has 0 spiro atoms. The van der Waals surface area contributed by atoms with Crippen LogP contribution in [0, 0.1) is 6.92 Å². The predicted octanol–water partition coefficient (Wildman–Crippen LogP) is 2.70. The van der Waals surface area contributed by atoms with Gasteiger partial charge in [-0.15, -0.1) is 0 Å². The number of benzene rings is 2. The first-order valence-electron chi connectivity index (χ1n) is 7.32. The second kappa shape index (κ2) is 5.20. The molecule has 2 heterocycles. The lowest BCUT2D eigenvalue weighted by Crippen LogP contribution is -2.09. The summed E-state index contributed by atoms with van der Waals surface area (Å²) >= 11 is 0. The van der Waals surface area contributed by atoms with Gasteiger partial charge in [0, 0.05) is 5.39 Å². The van der Waals surface area contributed by atoms with Crippen molar-refractivity contribution in [3.05, 3.63) is 35.9 Å². The highest BCUT2D eigenvalue weighted by atomic mass is 16.6. The Morgan fingerprint density at radius 1 is 0.952 bits per heavy atom. The van der Waals surface area contributed by atoms with Crippen molar-refractivity contribution < 1.29 is 18.9 Å². The van der Waals surface area contributed by atoms with Gasteiger partial charge in [-0.2, -0.15) is 0 Å². The fraction of sp³-hybridized carbons (Fsp3) is 0.412. The van der Waals surface area contributed by atoms with Crippen LogP contribution in [0.4, 0.5) is 0 Å². The van der Waals surface area contributed by atoms with E-state index in [1.165, 1.54) is 10.9 Å². The van der Waals surface area contributed by atoms with Gasteiger partial charge in [-0.25, -0.2) is 0 Å². The van der Waals surface area contributed by atoms with Crippen LogP contribution in [-0.2, 0) is 9.47 Å². The van der Waals surface area contributed by atoms with Crippen LogP contribution in [0.3, 0.4) is 0 Å². The lowest BCUT2D eigenvalue weighted by atomic mass is 10.0. The quantitative estimate of drug-likeness (QED) is 0.766. The van der Waals surface area contributed by atoms with E-state index in [-0.39, 0.29) is 12.2 Å². The monoisotopic (exact) mass is 286 g/mol. The summed E-state index contributed by atoms with van der Waals surface area (Å²) in [6.07, 6.45) is 0.461. The SMILES string of the molecule is Cc1cccc2c(OCC3CO3)c(OCC3CO3)ccc12.